The molecule has 4 heterocycles. The van der Waals surface area contributed by atoms with Gasteiger partial charge in [0.15, 0.2) is 17.1 Å². The minimum atomic E-state index is 0.249. The molecule has 0 atom stereocenters. The first kappa shape index (κ1) is 17.1. The number of rotatable bonds is 4. The van der Waals surface area contributed by atoms with Gasteiger partial charge in [-0.05, 0) is 37.1 Å². The summed E-state index contributed by atoms with van der Waals surface area (Å²) in [7, 11) is 0. The first-order chi connectivity index (χ1) is 14.8. The van der Waals surface area contributed by atoms with Gasteiger partial charge in [0, 0.05) is 24.8 Å². The van der Waals surface area contributed by atoms with Gasteiger partial charge in [0.05, 0.1) is 17.3 Å². The fraction of sp³-hybridized carbons (Fsp3) is 0.227. The number of nitrogens with one attached hydrogen (secondary N) is 1. The minimum absolute atomic E-state index is 0.249. The summed E-state index contributed by atoms with van der Waals surface area (Å²) >= 11 is 0. The molecule has 2 aromatic heterocycles. The van der Waals surface area contributed by atoms with Crippen LogP contribution in [0.25, 0.3) is 16.7 Å². The van der Waals surface area contributed by atoms with Crippen molar-refractivity contribution < 1.29 is 9.47 Å². The van der Waals surface area contributed by atoms with Crippen LogP contribution < -0.4 is 19.7 Å². The van der Waals surface area contributed by atoms with E-state index in [1.165, 1.54) is 0 Å². The van der Waals surface area contributed by atoms with E-state index in [1.54, 1.807) is 0 Å². The number of hydrogen-bond acceptors (Lipinski definition) is 7. The number of hydrogen-bond donors (Lipinski definition) is 1. The SMILES string of the molecule is c1ccc(-n2ncc3c(Nc4ccc5c(c4)OCO5)nc(N4CCCC4)nc32)cc1. The summed E-state index contributed by atoms with van der Waals surface area (Å²) in [5, 5.41) is 8.90. The standard InChI is InChI=1S/C22H20N6O2/c1-2-6-16(7-3-1)28-21-17(13-23-28)20(25-22(26-21)27-10-4-5-11-27)24-15-8-9-18-19(12-15)30-14-29-18/h1-3,6-9,12-13H,4-5,10-11,14H2,(H,24,25,26). The minimum Gasteiger partial charge on any atom is -0.454 e. The van der Waals surface area contributed by atoms with Crippen molar-refractivity contribution in [3.8, 4) is 17.2 Å². The lowest BCUT2D eigenvalue weighted by Crippen LogP contribution is -2.21. The lowest BCUT2D eigenvalue weighted by molar-refractivity contribution is 0.174. The van der Waals surface area contributed by atoms with Crippen LogP contribution in [0.1, 0.15) is 12.8 Å². The highest BCUT2D eigenvalue weighted by atomic mass is 16.7. The molecule has 0 unspecified atom stereocenters. The molecule has 0 radical (unpaired) electrons. The molecule has 0 aliphatic carbocycles. The zero-order chi connectivity index (χ0) is 19.9. The van der Waals surface area contributed by atoms with Crippen molar-refractivity contribution in [1.82, 2.24) is 19.7 Å². The molecule has 8 heteroatoms. The number of aromatic nitrogens is 4. The zero-order valence-electron chi connectivity index (χ0n) is 16.3. The van der Waals surface area contributed by atoms with E-state index in [-0.39, 0.29) is 6.79 Å². The Morgan fingerprint density at radius 1 is 0.900 bits per heavy atom. The smallest absolute Gasteiger partial charge is 0.231 e. The van der Waals surface area contributed by atoms with Gasteiger partial charge in [-0.3, -0.25) is 0 Å². The van der Waals surface area contributed by atoms with E-state index < -0.39 is 0 Å². The van der Waals surface area contributed by atoms with Crippen LogP contribution in [0.5, 0.6) is 11.5 Å². The number of ether oxygens (including phenoxy) is 2. The summed E-state index contributed by atoms with van der Waals surface area (Å²) in [5.41, 5.74) is 2.62. The Labute approximate surface area is 173 Å². The Hall–Kier alpha value is -3.81. The van der Waals surface area contributed by atoms with Crippen LogP contribution in [0, 0.1) is 0 Å². The van der Waals surface area contributed by atoms with Crippen LogP contribution in [-0.2, 0) is 0 Å². The third-order valence-corrected chi connectivity index (χ3v) is 5.44. The summed E-state index contributed by atoms with van der Waals surface area (Å²) in [5.74, 6) is 2.93. The lowest BCUT2D eigenvalue weighted by atomic mass is 10.2. The summed E-state index contributed by atoms with van der Waals surface area (Å²) in [6.45, 7) is 2.18. The third kappa shape index (κ3) is 2.88. The van der Waals surface area contributed by atoms with E-state index in [0.717, 1.165) is 71.6 Å². The highest BCUT2D eigenvalue weighted by Crippen LogP contribution is 2.36. The highest BCUT2D eigenvalue weighted by molar-refractivity contribution is 5.90. The fourth-order valence-electron chi connectivity index (χ4n) is 3.92. The Balaban J connectivity index is 1.47. The normalized spacial score (nSPS) is 15.1. The number of nitrogens with zero attached hydrogens (tertiary/aromatic N) is 5. The molecule has 150 valence electrons. The first-order valence-corrected chi connectivity index (χ1v) is 10.1. The van der Waals surface area contributed by atoms with Crippen LogP contribution in [0.2, 0.25) is 0 Å². The molecule has 6 rings (SSSR count). The quantitative estimate of drug-likeness (QED) is 0.557. The number of fused-ring (bicyclic) bond motifs is 2. The molecule has 1 saturated heterocycles. The Morgan fingerprint density at radius 3 is 2.60 bits per heavy atom. The van der Waals surface area contributed by atoms with Crippen LogP contribution in [0.15, 0.2) is 54.7 Å². The largest absolute Gasteiger partial charge is 0.454 e. The molecule has 30 heavy (non-hydrogen) atoms. The average Bonchev–Trinajstić information content (AvgIpc) is 3.54. The summed E-state index contributed by atoms with van der Waals surface area (Å²) in [6, 6.07) is 15.8. The van der Waals surface area contributed by atoms with Crippen LogP contribution in [-0.4, -0.2) is 39.6 Å². The van der Waals surface area contributed by atoms with Gasteiger partial charge in [0.25, 0.3) is 0 Å². The van der Waals surface area contributed by atoms with Gasteiger partial charge in [-0.2, -0.15) is 15.1 Å². The van der Waals surface area contributed by atoms with E-state index in [9.17, 15) is 0 Å². The van der Waals surface area contributed by atoms with Gasteiger partial charge in [-0.25, -0.2) is 4.68 Å². The predicted molar refractivity (Wildman–Crippen MR) is 114 cm³/mol. The van der Waals surface area contributed by atoms with Crippen molar-refractivity contribution in [2.45, 2.75) is 12.8 Å². The van der Waals surface area contributed by atoms with Gasteiger partial charge < -0.3 is 19.7 Å². The summed E-state index contributed by atoms with van der Waals surface area (Å²) < 4.78 is 12.8. The molecule has 0 saturated carbocycles. The maximum atomic E-state index is 5.51. The summed E-state index contributed by atoms with van der Waals surface area (Å²) in [6.07, 6.45) is 4.12. The second-order valence-electron chi connectivity index (χ2n) is 7.39. The van der Waals surface area contributed by atoms with Crippen molar-refractivity contribution in [2.24, 2.45) is 0 Å². The van der Waals surface area contributed by atoms with Gasteiger partial charge in [-0.1, -0.05) is 18.2 Å². The molecule has 2 aliphatic rings. The maximum Gasteiger partial charge on any atom is 0.231 e. The molecule has 8 nitrogen and oxygen atoms in total. The molecular formula is C22H20N6O2. The number of anilines is 3. The first-order valence-electron chi connectivity index (χ1n) is 10.1. The molecule has 2 aliphatic heterocycles. The summed E-state index contributed by atoms with van der Waals surface area (Å²) in [4.78, 5) is 12.0. The van der Waals surface area contributed by atoms with Crippen molar-refractivity contribution >= 4 is 28.5 Å². The fourth-order valence-corrected chi connectivity index (χ4v) is 3.92. The van der Waals surface area contributed by atoms with Crippen molar-refractivity contribution in [3.63, 3.8) is 0 Å². The second kappa shape index (κ2) is 6.91. The highest BCUT2D eigenvalue weighted by Gasteiger charge is 2.21. The number of para-hydroxylation sites is 1. The van der Waals surface area contributed by atoms with E-state index in [4.69, 9.17) is 19.4 Å². The topological polar surface area (TPSA) is 77.3 Å². The molecule has 0 amide bonds. The van der Waals surface area contributed by atoms with Gasteiger partial charge in [-0.15, -0.1) is 0 Å². The van der Waals surface area contributed by atoms with Gasteiger partial charge in [0.2, 0.25) is 12.7 Å². The van der Waals surface area contributed by atoms with Crippen LogP contribution in [0.3, 0.4) is 0 Å². The second-order valence-corrected chi connectivity index (χ2v) is 7.39. The predicted octanol–water partition coefficient (Wildman–Crippen LogP) is 3.89. The lowest BCUT2D eigenvalue weighted by Gasteiger charge is -2.17. The molecule has 4 aromatic rings. The van der Waals surface area contributed by atoms with Crippen molar-refractivity contribution in [1.29, 1.82) is 0 Å². The van der Waals surface area contributed by atoms with Gasteiger partial charge >= 0.3 is 0 Å². The van der Waals surface area contributed by atoms with Crippen molar-refractivity contribution in [3.05, 3.63) is 54.7 Å². The average molecular weight is 400 g/mol. The van der Waals surface area contributed by atoms with Gasteiger partial charge in [0.1, 0.15) is 5.82 Å². The maximum absolute atomic E-state index is 5.51. The number of benzene rings is 2. The zero-order valence-corrected chi connectivity index (χ0v) is 16.3. The van der Waals surface area contributed by atoms with Crippen molar-refractivity contribution in [2.75, 3.05) is 30.1 Å². The Kier molecular flexibility index (Phi) is 3.93. The Morgan fingerprint density at radius 2 is 1.73 bits per heavy atom. The van der Waals surface area contributed by atoms with Crippen LogP contribution >= 0.6 is 0 Å². The third-order valence-electron chi connectivity index (χ3n) is 5.44. The molecule has 0 bridgehead atoms. The van der Waals surface area contributed by atoms with E-state index in [0.29, 0.717) is 0 Å². The van der Waals surface area contributed by atoms with E-state index >= 15 is 0 Å². The molecule has 2 aromatic carbocycles. The Bertz CT molecular complexity index is 1220. The van der Waals surface area contributed by atoms with Crippen LogP contribution in [0.4, 0.5) is 17.5 Å². The molecule has 0 spiro atoms. The molecule has 1 fully saturated rings. The monoisotopic (exact) mass is 400 g/mol. The van der Waals surface area contributed by atoms with E-state index in [1.807, 2.05) is 59.4 Å². The van der Waals surface area contributed by atoms with E-state index in [2.05, 4.69) is 15.3 Å². The molecular weight excluding hydrogens is 380 g/mol. The molecule has 1 N–H and O–H groups in total.